The second kappa shape index (κ2) is 4.62. The van der Waals surface area contributed by atoms with Gasteiger partial charge in [-0.05, 0) is 24.1 Å². The Morgan fingerprint density at radius 3 is 2.71 bits per heavy atom. The van der Waals surface area contributed by atoms with Gasteiger partial charge < -0.3 is 11.5 Å². The van der Waals surface area contributed by atoms with E-state index >= 15 is 0 Å². The monoisotopic (exact) mass is 210 g/mol. The molecule has 0 unspecified atom stereocenters. The first kappa shape index (κ1) is 10.5. The number of nitrogens with zero attached hydrogens (tertiary/aromatic N) is 2. The summed E-state index contributed by atoms with van der Waals surface area (Å²) in [5.41, 5.74) is 12.1. The van der Waals surface area contributed by atoms with Crippen molar-refractivity contribution in [1.29, 1.82) is 0 Å². The highest BCUT2D eigenvalue weighted by Crippen LogP contribution is 2.15. The van der Waals surface area contributed by atoms with Gasteiger partial charge in [0.15, 0.2) is 0 Å². The van der Waals surface area contributed by atoms with E-state index in [0.29, 0.717) is 5.02 Å². The van der Waals surface area contributed by atoms with Crippen molar-refractivity contribution in [3.63, 3.8) is 0 Å². The second-order valence-corrected chi connectivity index (χ2v) is 3.19. The molecule has 0 aliphatic heterocycles. The van der Waals surface area contributed by atoms with Crippen LogP contribution in [0.25, 0.3) is 0 Å². The van der Waals surface area contributed by atoms with Crippen LogP contribution >= 0.6 is 11.6 Å². The average Bonchev–Trinajstić information content (AvgIpc) is 2.10. The molecular weight excluding hydrogens is 200 g/mol. The molecule has 0 saturated heterocycles. The van der Waals surface area contributed by atoms with E-state index in [1.165, 1.54) is 6.21 Å². The summed E-state index contributed by atoms with van der Waals surface area (Å²) in [6.07, 6.45) is 1.53. The molecular formula is C9H11ClN4. The van der Waals surface area contributed by atoms with Gasteiger partial charge in [0, 0.05) is 5.02 Å². The third-order valence-electron chi connectivity index (χ3n) is 1.58. The molecule has 0 saturated carbocycles. The second-order valence-electron chi connectivity index (χ2n) is 2.78. The van der Waals surface area contributed by atoms with Crippen molar-refractivity contribution < 1.29 is 0 Å². The van der Waals surface area contributed by atoms with Crippen LogP contribution in [0.5, 0.6) is 0 Å². The molecule has 0 aliphatic carbocycles. The Kier molecular flexibility index (Phi) is 3.48. The zero-order valence-corrected chi connectivity index (χ0v) is 8.49. The predicted octanol–water partition coefficient (Wildman–Crippen LogP) is 1.26. The fourth-order valence-electron chi connectivity index (χ4n) is 0.852. The minimum absolute atomic E-state index is 0.0699. The summed E-state index contributed by atoms with van der Waals surface area (Å²) >= 11 is 5.91. The lowest BCUT2D eigenvalue weighted by atomic mass is 10.2. The Hall–Kier alpha value is -1.55. The third kappa shape index (κ3) is 3.06. The molecule has 0 spiro atoms. The van der Waals surface area contributed by atoms with Gasteiger partial charge in [0.05, 0.1) is 6.21 Å². The maximum Gasteiger partial charge on any atom is 0.211 e. The molecule has 0 atom stereocenters. The summed E-state index contributed by atoms with van der Waals surface area (Å²) in [7, 11) is 0. The van der Waals surface area contributed by atoms with Crippen molar-refractivity contribution in [3.8, 4) is 0 Å². The Bertz CT molecular complexity index is 380. The Morgan fingerprint density at radius 2 is 2.14 bits per heavy atom. The molecule has 4 nitrogen and oxygen atoms in total. The van der Waals surface area contributed by atoms with Crippen LogP contribution in [0.2, 0.25) is 5.02 Å². The number of halogens is 1. The molecule has 4 N–H and O–H groups in total. The molecule has 0 aliphatic rings. The van der Waals surface area contributed by atoms with Gasteiger partial charge in [0.2, 0.25) is 5.96 Å². The zero-order valence-electron chi connectivity index (χ0n) is 7.74. The van der Waals surface area contributed by atoms with Gasteiger partial charge in [-0.15, -0.1) is 5.10 Å². The predicted molar refractivity (Wildman–Crippen MR) is 59.6 cm³/mol. The summed E-state index contributed by atoms with van der Waals surface area (Å²) in [6.45, 7) is 1.93. The number of rotatable bonds is 2. The third-order valence-corrected chi connectivity index (χ3v) is 1.98. The molecule has 1 rings (SSSR count). The largest absolute Gasteiger partial charge is 0.369 e. The summed E-state index contributed by atoms with van der Waals surface area (Å²) in [5.74, 6) is -0.0699. The van der Waals surface area contributed by atoms with Gasteiger partial charge >= 0.3 is 0 Å². The van der Waals surface area contributed by atoms with Crippen molar-refractivity contribution in [2.24, 2.45) is 21.7 Å². The van der Waals surface area contributed by atoms with Crippen LogP contribution in [-0.4, -0.2) is 12.2 Å². The number of aryl methyl sites for hydroxylation is 1. The molecule has 0 fully saturated rings. The van der Waals surface area contributed by atoms with Gasteiger partial charge in [0.1, 0.15) is 0 Å². The summed E-state index contributed by atoms with van der Waals surface area (Å²) < 4.78 is 0. The average molecular weight is 211 g/mol. The van der Waals surface area contributed by atoms with Gasteiger partial charge in [-0.25, -0.2) is 0 Å². The summed E-state index contributed by atoms with van der Waals surface area (Å²) in [5, 5.41) is 7.83. The highest BCUT2D eigenvalue weighted by atomic mass is 35.5. The van der Waals surface area contributed by atoms with Gasteiger partial charge in [0.25, 0.3) is 0 Å². The molecule has 74 valence electrons. The molecule has 0 heterocycles. The smallest absolute Gasteiger partial charge is 0.211 e. The number of nitrogens with two attached hydrogens (primary N) is 2. The van der Waals surface area contributed by atoms with Crippen molar-refractivity contribution in [3.05, 3.63) is 34.3 Å². The lowest BCUT2D eigenvalue weighted by Gasteiger charge is -1.97. The van der Waals surface area contributed by atoms with Crippen LogP contribution in [0, 0.1) is 6.92 Å². The molecule has 0 amide bonds. The minimum Gasteiger partial charge on any atom is -0.369 e. The molecule has 0 bridgehead atoms. The summed E-state index contributed by atoms with van der Waals surface area (Å²) in [4.78, 5) is 0. The fraction of sp³-hybridized carbons (Fsp3) is 0.111. The van der Waals surface area contributed by atoms with Gasteiger partial charge in [-0.3, -0.25) is 0 Å². The minimum atomic E-state index is -0.0699. The van der Waals surface area contributed by atoms with Gasteiger partial charge in [-0.1, -0.05) is 23.7 Å². The van der Waals surface area contributed by atoms with E-state index in [-0.39, 0.29) is 5.96 Å². The topological polar surface area (TPSA) is 76.8 Å². The van der Waals surface area contributed by atoms with E-state index in [0.717, 1.165) is 11.1 Å². The quantitative estimate of drug-likeness (QED) is 0.438. The van der Waals surface area contributed by atoms with Crippen molar-refractivity contribution in [2.75, 3.05) is 0 Å². The van der Waals surface area contributed by atoms with E-state index in [1.54, 1.807) is 6.07 Å². The highest BCUT2D eigenvalue weighted by Gasteiger charge is 1.94. The first-order valence-corrected chi connectivity index (χ1v) is 4.35. The number of benzene rings is 1. The normalized spacial score (nSPS) is 10.4. The van der Waals surface area contributed by atoms with Gasteiger partial charge in [-0.2, -0.15) is 5.10 Å². The standard InChI is InChI=1S/C9H11ClN4/c1-6-2-3-7(4-8(6)10)5-13-14-9(11)12/h2-5H,1H3,(H4,11,12,14). The van der Waals surface area contributed by atoms with E-state index in [9.17, 15) is 0 Å². The van der Waals surface area contributed by atoms with Crippen LogP contribution in [0.1, 0.15) is 11.1 Å². The fourth-order valence-corrected chi connectivity index (χ4v) is 1.04. The Morgan fingerprint density at radius 1 is 1.43 bits per heavy atom. The number of hydrogen-bond donors (Lipinski definition) is 2. The molecule has 0 aromatic heterocycles. The van der Waals surface area contributed by atoms with Crippen molar-refractivity contribution in [1.82, 2.24) is 0 Å². The van der Waals surface area contributed by atoms with E-state index in [4.69, 9.17) is 23.1 Å². The first-order valence-electron chi connectivity index (χ1n) is 3.97. The lowest BCUT2D eigenvalue weighted by Crippen LogP contribution is -2.21. The Balaban J connectivity index is 2.83. The lowest BCUT2D eigenvalue weighted by molar-refractivity contribution is 1.21. The Labute approximate surface area is 87.3 Å². The van der Waals surface area contributed by atoms with Crippen LogP contribution in [-0.2, 0) is 0 Å². The van der Waals surface area contributed by atoms with Crippen LogP contribution in [0.3, 0.4) is 0 Å². The molecule has 1 aromatic rings. The highest BCUT2D eigenvalue weighted by molar-refractivity contribution is 6.31. The summed E-state index contributed by atoms with van der Waals surface area (Å²) in [6, 6.07) is 5.58. The molecule has 5 heteroatoms. The van der Waals surface area contributed by atoms with Crippen LogP contribution in [0.15, 0.2) is 28.4 Å². The van der Waals surface area contributed by atoms with Crippen LogP contribution in [0.4, 0.5) is 0 Å². The molecule has 0 radical (unpaired) electrons. The van der Waals surface area contributed by atoms with E-state index < -0.39 is 0 Å². The van der Waals surface area contributed by atoms with Crippen LogP contribution < -0.4 is 11.5 Å². The SMILES string of the molecule is Cc1ccc(C=NN=C(N)N)cc1Cl. The first-order chi connectivity index (χ1) is 6.59. The number of hydrogen-bond acceptors (Lipinski definition) is 2. The van der Waals surface area contributed by atoms with Crippen molar-refractivity contribution >= 4 is 23.8 Å². The maximum absolute atomic E-state index is 5.91. The van der Waals surface area contributed by atoms with Crippen molar-refractivity contribution in [2.45, 2.75) is 6.92 Å². The molecule has 1 aromatic carbocycles. The van der Waals surface area contributed by atoms with E-state index in [2.05, 4.69) is 10.2 Å². The molecule has 14 heavy (non-hydrogen) atoms. The number of guanidine groups is 1. The maximum atomic E-state index is 5.91. The van der Waals surface area contributed by atoms with E-state index in [1.807, 2.05) is 19.1 Å². The zero-order chi connectivity index (χ0) is 10.6.